The lowest BCUT2D eigenvalue weighted by atomic mass is 10.1. The molecule has 0 spiro atoms. The number of ether oxygens (including phenoxy) is 1. The third kappa shape index (κ3) is 1.57. The van der Waals surface area contributed by atoms with Crippen molar-refractivity contribution < 1.29 is 9.53 Å². The number of hydrogen-bond donors (Lipinski definition) is 0. The van der Waals surface area contributed by atoms with Gasteiger partial charge in [-0.25, -0.2) is 0 Å². The first-order valence-corrected chi connectivity index (χ1v) is 4.26. The number of nitrogens with zero attached hydrogens (tertiary/aromatic N) is 1. The third-order valence-corrected chi connectivity index (χ3v) is 2.00. The zero-order valence-corrected chi connectivity index (χ0v) is 7.73. The van der Waals surface area contributed by atoms with Crippen molar-refractivity contribution in [3.63, 3.8) is 0 Å². The Morgan fingerprint density at radius 2 is 2.21 bits per heavy atom. The van der Waals surface area contributed by atoms with Crippen molar-refractivity contribution in [2.24, 2.45) is 0 Å². The lowest BCUT2D eigenvalue weighted by Gasteiger charge is -2.01. The Morgan fingerprint density at radius 3 is 3.00 bits per heavy atom. The molecule has 0 saturated carbocycles. The van der Waals surface area contributed by atoms with E-state index in [1.165, 1.54) is 6.20 Å². The van der Waals surface area contributed by atoms with Crippen LogP contribution in [0.5, 0.6) is 5.75 Å². The van der Waals surface area contributed by atoms with Gasteiger partial charge in [-0.3, -0.25) is 9.78 Å². The molecule has 0 aliphatic heterocycles. The summed E-state index contributed by atoms with van der Waals surface area (Å²) in [6, 6.07) is 7.73. The minimum atomic E-state index is 0.401. The van der Waals surface area contributed by atoms with E-state index in [0.717, 1.165) is 16.5 Å². The minimum Gasteiger partial charge on any atom is -0.427 e. The second-order valence-electron chi connectivity index (χ2n) is 3.08. The summed E-state index contributed by atoms with van der Waals surface area (Å²) in [5.41, 5.74) is 2.05. The molecule has 0 aliphatic carbocycles. The largest absolute Gasteiger partial charge is 0.427 e. The van der Waals surface area contributed by atoms with E-state index in [9.17, 15) is 4.79 Å². The predicted octanol–water partition coefficient (Wildman–Crippen LogP) is 2.08. The number of aryl methyl sites for hydroxylation is 1. The highest BCUT2D eigenvalue weighted by molar-refractivity contribution is 5.80. The van der Waals surface area contributed by atoms with E-state index in [0.29, 0.717) is 12.2 Å². The van der Waals surface area contributed by atoms with Gasteiger partial charge >= 0.3 is 0 Å². The first kappa shape index (κ1) is 8.69. The van der Waals surface area contributed by atoms with Gasteiger partial charge in [-0.1, -0.05) is 11.6 Å². The van der Waals surface area contributed by atoms with Crippen LogP contribution >= 0.6 is 0 Å². The van der Waals surface area contributed by atoms with Gasteiger partial charge in [0.05, 0.1) is 11.7 Å². The highest BCUT2D eigenvalue weighted by Crippen LogP contribution is 2.18. The Kier molecular flexibility index (Phi) is 2.14. The van der Waals surface area contributed by atoms with Crippen LogP contribution < -0.4 is 4.74 Å². The summed E-state index contributed by atoms with van der Waals surface area (Å²) in [6.45, 7) is 2.41. The molecule has 14 heavy (non-hydrogen) atoms. The molecule has 1 aromatic heterocycles. The molecule has 0 bridgehead atoms. The molecule has 0 unspecified atom stereocenters. The highest BCUT2D eigenvalue weighted by atomic mass is 16.5. The monoisotopic (exact) mass is 187 g/mol. The molecule has 1 aromatic carbocycles. The number of fused-ring (bicyclic) bond motifs is 1. The fourth-order valence-electron chi connectivity index (χ4n) is 1.35. The Bertz CT molecular complexity index is 480. The van der Waals surface area contributed by atoms with Gasteiger partial charge in [-0.2, -0.15) is 0 Å². The fourth-order valence-corrected chi connectivity index (χ4v) is 1.35. The van der Waals surface area contributed by atoms with Crippen molar-refractivity contribution in [1.29, 1.82) is 0 Å². The van der Waals surface area contributed by atoms with Gasteiger partial charge in [0, 0.05) is 5.39 Å². The number of carbonyl (C=O) groups is 1. The Morgan fingerprint density at radius 1 is 1.36 bits per heavy atom. The molecule has 2 aromatic rings. The lowest BCUT2D eigenvalue weighted by molar-refractivity contribution is -0.120. The molecule has 0 fully saturated rings. The first-order chi connectivity index (χ1) is 6.79. The van der Waals surface area contributed by atoms with Crippen LogP contribution in [0.15, 0.2) is 30.5 Å². The summed E-state index contributed by atoms with van der Waals surface area (Å²) >= 11 is 0. The summed E-state index contributed by atoms with van der Waals surface area (Å²) in [4.78, 5) is 14.3. The van der Waals surface area contributed by atoms with E-state index in [2.05, 4.69) is 4.98 Å². The van der Waals surface area contributed by atoms with Gasteiger partial charge in [-0.05, 0) is 25.1 Å². The molecule has 3 nitrogen and oxygen atoms in total. The van der Waals surface area contributed by atoms with E-state index < -0.39 is 0 Å². The predicted molar refractivity (Wildman–Crippen MR) is 53.2 cm³/mol. The molecular formula is C11H9NO2. The maximum atomic E-state index is 10.1. The highest BCUT2D eigenvalue weighted by Gasteiger charge is 1.98. The maximum absolute atomic E-state index is 10.1. The summed E-state index contributed by atoms with van der Waals surface area (Å²) in [5, 5.41) is 0.976. The SMILES string of the molecule is Cc1ccc2ncc(OC=O)cc2c1. The molecular weight excluding hydrogens is 178 g/mol. The van der Waals surface area contributed by atoms with Gasteiger partial charge in [0.2, 0.25) is 0 Å². The zero-order chi connectivity index (χ0) is 9.97. The second-order valence-corrected chi connectivity index (χ2v) is 3.08. The van der Waals surface area contributed by atoms with E-state index in [1.807, 2.05) is 25.1 Å². The molecule has 0 aliphatic rings. The summed E-state index contributed by atoms with van der Waals surface area (Å²) in [6.07, 6.45) is 1.53. The van der Waals surface area contributed by atoms with Crippen LogP contribution in [0.3, 0.4) is 0 Å². The zero-order valence-electron chi connectivity index (χ0n) is 7.73. The molecule has 0 amide bonds. The Balaban J connectivity index is 2.57. The van der Waals surface area contributed by atoms with E-state index in [-0.39, 0.29) is 0 Å². The third-order valence-electron chi connectivity index (χ3n) is 2.00. The van der Waals surface area contributed by atoms with Crippen molar-refractivity contribution in [1.82, 2.24) is 4.98 Å². The van der Waals surface area contributed by atoms with Gasteiger partial charge in [0.25, 0.3) is 6.47 Å². The maximum Gasteiger partial charge on any atom is 0.298 e. The van der Waals surface area contributed by atoms with Crippen LogP contribution in [0.2, 0.25) is 0 Å². The molecule has 0 atom stereocenters. The molecule has 0 saturated heterocycles. The van der Waals surface area contributed by atoms with E-state index >= 15 is 0 Å². The Labute approximate surface area is 81.3 Å². The summed E-state index contributed by atoms with van der Waals surface area (Å²) in [5.74, 6) is 0.470. The van der Waals surface area contributed by atoms with Gasteiger partial charge < -0.3 is 4.74 Å². The molecule has 70 valence electrons. The van der Waals surface area contributed by atoms with Crippen molar-refractivity contribution in [2.45, 2.75) is 6.92 Å². The standard InChI is InChI=1S/C11H9NO2/c1-8-2-3-11-9(4-8)5-10(6-12-11)14-7-13/h2-7H,1H3. The van der Waals surface area contributed by atoms with Gasteiger partial charge in [0.15, 0.2) is 0 Å². The smallest absolute Gasteiger partial charge is 0.298 e. The van der Waals surface area contributed by atoms with Crippen LogP contribution in [0.4, 0.5) is 0 Å². The summed E-state index contributed by atoms with van der Waals surface area (Å²) in [7, 11) is 0. The Hall–Kier alpha value is -1.90. The van der Waals surface area contributed by atoms with Crippen molar-refractivity contribution >= 4 is 17.4 Å². The van der Waals surface area contributed by atoms with Crippen LogP contribution in [0.25, 0.3) is 10.9 Å². The number of rotatable bonds is 2. The molecule has 1 heterocycles. The number of benzene rings is 1. The topological polar surface area (TPSA) is 39.2 Å². The molecule has 0 radical (unpaired) electrons. The van der Waals surface area contributed by atoms with Crippen molar-refractivity contribution in [3.05, 3.63) is 36.0 Å². The molecule has 3 heteroatoms. The van der Waals surface area contributed by atoms with Crippen molar-refractivity contribution in [2.75, 3.05) is 0 Å². The second kappa shape index (κ2) is 3.46. The number of pyridine rings is 1. The average Bonchev–Trinajstić information content (AvgIpc) is 2.17. The normalized spacial score (nSPS) is 10.1. The molecule has 0 N–H and O–H groups in total. The molecule has 2 rings (SSSR count). The summed E-state index contributed by atoms with van der Waals surface area (Å²) < 4.78 is 4.71. The quantitative estimate of drug-likeness (QED) is 0.675. The van der Waals surface area contributed by atoms with Crippen molar-refractivity contribution in [3.8, 4) is 5.75 Å². The van der Waals surface area contributed by atoms with Crippen LogP contribution in [-0.2, 0) is 4.79 Å². The van der Waals surface area contributed by atoms with Crippen LogP contribution in [0, 0.1) is 6.92 Å². The fraction of sp³-hybridized carbons (Fsp3) is 0.0909. The number of hydrogen-bond acceptors (Lipinski definition) is 3. The van der Waals surface area contributed by atoms with E-state index in [4.69, 9.17) is 4.74 Å². The van der Waals surface area contributed by atoms with Gasteiger partial charge in [0.1, 0.15) is 5.75 Å². The number of carbonyl (C=O) groups excluding carboxylic acids is 1. The van der Waals surface area contributed by atoms with Gasteiger partial charge in [-0.15, -0.1) is 0 Å². The van der Waals surface area contributed by atoms with Crippen LogP contribution in [0.1, 0.15) is 5.56 Å². The van der Waals surface area contributed by atoms with Crippen LogP contribution in [-0.4, -0.2) is 11.5 Å². The minimum absolute atomic E-state index is 0.401. The average molecular weight is 187 g/mol. The number of aromatic nitrogens is 1. The lowest BCUT2D eigenvalue weighted by Crippen LogP contribution is -1.89. The van der Waals surface area contributed by atoms with E-state index in [1.54, 1.807) is 6.07 Å². The first-order valence-electron chi connectivity index (χ1n) is 4.26.